The molecule has 0 aromatic carbocycles. The fraction of sp³-hybridized carbons (Fsp3) is 0.500. The molecule has 0 fully saturated rings. The van der Waals surface area contributed by atoms with Crippen molar-refractivity contribution in [1.29, 1.82) is 0 Å². The van der Waals surface area contributed by atoms with Crippen LogP contribution in [0.15, 0.2) is 24.2 Å². The molecule has 0 spiro atoms. The third-order valence-electron chi connectivity index (χ3n) is 2.27. The van der Waals surface area contributed by atoms with Gasteiger partial charge >= 0.3 is 0 Å². The summed E-state index contributed by atoms with van der Waals surface area (Å²) in [5.41, 5.74) is 0.778. The summed E-state index contributed by atoms with van der Waals surface area (Å²) >= 11 is 0. The van der Waals surface area contributed by atoms with Gasteiger partial charge < -0.3 is 9.84 Å². The Hall–Kier alpha value is -1.29. The molecule has 1 aliphatic rings. The van der Waals surface area contributed by atoms with Crippen LogP contribution in [0.2, 0.25) is 0 Å². The highest BCUT2D eigenvalue weighted by molar-refractivity contribution is 5.18. The molecule has 2 heterocycles. The molecule has 1 N–H and O–H groups in total. The summed E-state index contributed by atoms with van der Waals surface area (Å²) in [4.78, 5) is 0. The number of hydrogen-bond acceptors (Lipinski definition) is 3. The highest BCUT2D eigenvalue weighted by atomic mass is 16.5. The van der Waals surface area contributed by atoms with Gasteiger partial charge in [0.25, 0.3) is 0 Å². The smallest absolute Gasteiger partial charge is 0.139 e. The Kier molecular flexibility index (Phi) is 2.54. The first-order chi connectivity index (χ1) is 6.77. The predicted molar refractivity (Wildman–Crippen MR) is 51.4 cm³/mol. The van der Waals surface area contributed by atoms with Gasteiger partial charge in [0.15, 0.2) is 0 Å². The van der Waals surface area contributed by atoms with E-state index in [1.54, 1.807) is 17.1 Å². The minimum Gasteiger partial charge on any atom is -0.495 e. The highest BCUT2D eigenvalue weighted by Crippen LogP contribution is 2.25. The maximum atomic E-state index is 9.91. The molecule has 14 heavy (non-hydrogen) atoms. The van der Waals surface area contributed by atoms with Gasteiger partial charge in [-0.25, -0.2) is 0 Å². The van der Waals surface area contributed by atoms with Crippen molar-refractivity contribution in [1.82, 2.24) is 9.78 Å². The number of hydrogen-bond donors (Lipinski definition) is 1. The Morgan fingerprint density at radius 1 is 1.64 bits per heavy atom. The number of ether oxygens (including phenoxy) is 1. The van der Waals surface area contributed by atoms with Crippen LogP contribution in [0.5, 0.6) is 0 Å². The largest absolute Gasteiger partial charge is 0.495 e. The summed E-state index contributed by atoms with van der Waals surface area (Å²) in [5.74, 6) is 0.657. The SMILES string of the molecule is Cn1cc(C(O)C2=CCCCO2)cn1. The number of aryl methyl sites for hydroxylation is 1. The molecule has 0 saturated heterocycles. The van der Waals surface area contributed by atoms with Gasteiger partial charge in [-0.1, -0.05) is 0 Å². The van der Waals surface area contributed by atoms with E-state index in [0.29, 0.717) is 12.4 Å². The normalized spacial score (nSPS) is 18.6. The monoisotopic (exact) mass is 194 g/mol. The first-order valence-electron chi connectivity index (χ1n) is 4.77. The van der Waals surface area contributed by atoms with Crippen LogP contribution in [-0.4, -0.2) is 21.5 Å². The number of aliphatic hydroxyl groups excluding tert-OH is 1. The molecule has 4 heteroatoms. The van der Waals surface area contributed by atoms with E-state index in [1.165, 1.54) is 0 Å². The molecule has 0 bridgehead atoms. The lowest BCUT2D eigenvalue weighted by Crippen LogP contribution is -2.09. The average Bonchev–Trinajstić information content (AvgIpc) is 2.65. The Bertz CT molecular complexity index is 344. The molecule has 2 rings (SSSR count). The van der Waals surface area contributed by atoms with Crippen molar-refractivity contribution in [3.63, 3.8) is 0 Å². The van der Waals surface area contributed by atoms with Gasteiger partial charge in [-0.2, -0.15) is 5.10 Å². The quantitative estimate of drug-likeness (QED) is 0.768. The zero-order valence-electron chi connectivity index (χ0n) is 8.18. The van der Waals surface area contributed by atoms with Crippen molar-refractivity contribution in [2.24, 2.45) is 7.05 Å². The van der Waals surface area contributed by atoms with Crippen LogP contribution >= 0.6 is 0 Å². The third-order valence-corrected chi connectivity index (χ3v) is 2.27. The Morgan fingerprint density at radius 2 is 2.50 bits per heavy atom. The van der Waals surface area contributed by atoms with E-state index < -0.39 is 6.10 Å². The van der Waals surface area contributed by atoms with Crippen molar-refractivity contribution >= 4 is 0 Å². The summed E-state index contributed by atoms with van der Waals surface area (Å²) in [6, 6.07) is 0. The van der Waals surface area contributed by atoms with Crippen LogP contribution in [0.1, 0.15) is 24.5 Å². The minimum atomic E-state index is -0.663. The molecule has 0 aliphatic carbocycles. The highest BCUT2D eigenvalue weighted by Gasteiger charge is 2.17. The third kappa shape index (κ3) is 1.80. The first kappa shape index (κ1) is 9.27. The van der Waals surface area contributed by atoms with E-state index in [-0.39, 0.29) is 0 Å². The van der Waals surface area contributed by atoms with E-state index >= 15 is 0 Å². The predicted octanol–water partition coefficient (Wildman–Crippen LogP) is 1.15. The molecule has 1 aromatic heterocycles. The lowest BCUT2D eigenvalue weighted by Gasteiger charge is -2.18. The van der Waals surface area contributed by atoms with E-state index in [2.05, 4.69) is 5.10 Å². The van der Waals surface area contributed by atoms with E-state index in [9.17, 15) is 5.11 Å². The molecule has 4 nitrogen and oxygen atoms in total. The number of aliphatic hydroxyl groups is 1. The lowest BCUT2D eigenvalue weighted by atomic mass is 10.1. The van der Waals surface area contributed by atoms with Crippen molar-refractivity contribution in [2.75, 3.05) is 6.61 Å². The van der Waals surface area contributed by atoms with Crippen LogP contribution in [0.4, 0.5) is 0 Å². The van der Waals surface area contributed by atoms with Crippen LogP contribution in [0, 0.1) is 0 Å². The average molecular weight is 194 g/mol. The second-order valence-electron chi connectivity index (χ2n) is 3.45. The summed E-state index contributed by atoms with van der Waals surface area (Å²) in [6.45, 7) is 0.698. The minimum absolute atomic E-state index is 0.657. The first-order valence-corrected chi connectivity index (χ1v) is 4.77. The Labute approximate surface area is 82.8 Å². The van der Waals surface area contributed by atoms with Crippen LogP contribution in [0.25, 0.3) is 0 Å². The fourth-order valence-corrected chi connectivity index (χ4v) is 1.51. The van der Waals surface area contributed by atoms with Crippen LogP contribution < -0.4 is 0 Å². The number of aromatic nitrogens is 2. The van der Waals surface area contributed by atoms with E-state index in [4.69, 9.17) is 4.74 Å². The molecule has 0 saturated carbocycles. The topological polar surface area (TPSA) is 47.3 Å². The summed E-state index contributed by atoms with van der Waals surface area (Å²) in [6.07, 6.45) is 6.74. The molecule has 0 radical (unpaired) electrons. The molecule has 1 aliphatic heterocycles. The van der Waals surface area contributed by atoms with Gasteiger partial charge in [0, 0.05) is 18.8 Å². The maximum Gasteiger partial charge on any atom is 0.139 e. The Morgan fingerprint density at radius 3 is 3.07 bits per heavy atom. The Balaban J connectivity index is 2.14. The molecule has 0 amide bonds. The molecule has 1 unspecified atom stereocenters. The lowest BCUT2D eigenvalue weighted by molar-refractivity contribution is 0.0917. The van der Waals surface area contributed by atoms with Crippen LogP contribution in [-0.2, 0) is 11.8 Å². The summed E-state index contributed by atoms with van der Waals surface area (Å²) in [5, 5.41) is 13.9. The zero-order chi connectivity index (χ0) is 9.97. The summed E-state index contributed by atoms with van der Waals surface area (Å²) in [7, 11) is 1.83. The summed E-state index contributed by atoms with van der Waals surface area (Å²) < 4.78 is 7.05. The van der Waals surface area contributed by atoms with Crippen LogP contribution in [0.3, 0.4) is 0 Å². The molecular weight excluding hydrogens is 180 g/mol. The van der Waals surface area contributed by atoms with Gasteiger partial charge in [0.1, 0.15) is 11.9 Å². The second kappa shape index (κ2) is 3.84. The van der Waals surface area contributed by atoms with Crippen molar-refractivity contribution < 1.29 is 9.84 Å². The van der Waals surface area contributed by atoms with Gasteiger partial charge in [0.2, 0.25) is 0 Å². The number of rotatable bonds is 2. The van der Waals surface area contributed by atoms with Crippen molar-refractivity contribution in [2.45, 2.75) is 18.9 Å². The molecule has 1 aromatic rings. The fourth-order valence-electron chi connectivity index (χ4n) is 1.51. The van der Waals surface area contributed by atoms with Gasteiger partial charge in [0.05, 0.1) is 12.8 Å². The standard InChI is InChI=1S/C10H14N2O2/c1-12-7-8(6-11-12)10(13)9-4-2-3-5-14-9/h4,6-7,10,13H,2-3,5H2,1H3. The second-order valence-corrected chi connectivity index (χ2v) is 3.45. The molecule has 1 atom stereocenters. The van der Waals surface area contributed by atoms with E-state index in [1.807, 2.05) is 13.1 Å². The number of allylic oxidation sites excluding steroid dienone is 1. The van der Waals surface area contributed by atoms with Gasteiger partial charge in [-0.15, -0.1) is 0 Å². The van der Waals surface area contributed by atoms with Gasteiger partial charge in [-0.3, -0.25) is 4.68 Å². The van der Waals surface area contributed by atoms with Crippen molar-refractivity contribution in [3.8, 4) is 0 Å². The molecular formula is C10H14N2O2. The molecule has 76 valence electrons. The number of nitrogens with zero attached hydrogens (tertiary/aromatic N) is 2. The van der Waals surface area contributed by atoms with Crippen molar-refractivity contribution in [3.05, 3.63) is 29.8 Å². The van der Waals surface area contributed by atoms with Gasteiger partial charge in [-0.05, 0) is 18.9 Å². The zero-order valence-corrected chi connectivity index (χ0v) is 8.18. The van der Waals surface area contributed by atoms with E-state index in [0.717, 1.165) is 18.4 Å². The maximum absolute atomic E-state index is 9.91.